The van der Waals surface area contributed by atoms with Gasteiger partial charge in [-0.05, 0) is 30.2 Å². The molecule has 0 saturated carbocycles. The zero-order valence-corrected chi connectivity index (χ0v) is 17.8. The molecule has 6 nitrogen and oxygen atoms in total. The number of amides is 2. The van der Waals surface area contributed by atoms with Crippen molar-refractivity contribution in [2.75, 3.05) is 16.4 Å². The maximum Gasteiger partial charge on any atom is 0.419 e. The number of pyridine rings is 1. The molecule has 1 aromatic heterocycles. The second-order valence-electron chi connectivity index (χ2n) is 6.89. The highest BCUT2D eigenvalue weighted by Gasteiger charge is 2.34. The van der Waals surface area contributed by atoms with Gasteiger partial charge >= 0.3 is 12.2 Å². The summed E-state index contributed by atoms with van der Waals surface area (Å²) >= 11 is 0. The van der Waals surface area contributed by atoms with Gasteiger partial charge in [0.2, 0.25) is 0 Å². The average molecular weight is 463 g/mol. The third kappa shape index (κ3) is 5.44. The number of nitrogens with zero attached hydrogens (tertiary/aromatic N) is 1. The van der Waals surface area contributed by atoms with Crippen LogP contribution in [0.15, 0.2) is 71.9 Å². The van der Waals surface area contributed by atoms with Gasteiger partial charge in [-0.15, -0.1) is 0 Å². The van der Waals surface area contributed by atoms with Gasteiger partial charge < -0.3 is 10.6 Å². The number of carbonyl (C=O) groups is 1. The molecule has 0 aliphatic heterocycles. The minimum Gasteiger partial charge on any atom is -0.307 e. The number of urea groups is 1. The van der Waals surface area contributed by atoms with E-state index in [1.165, 1.54) is 12.1 Å². The number of hydrogen-bond donors (Lipinski definition) is 2. The van der Waals surface area contributed by atoms with Crippen molar-refractivity contribution in [3.05, 3.63) is 72.6 Å². The van der Waals surface area contributed by atoms with Crippen molar-refractivity contribution < 1.29 is 26.4 Å². The Hall–Kier alpha value is -3.40. The summed E-state index contributed by atoms with van der Waals surface area (Å²) in [6, 6.07) is 13.3. The second kappa shape index (κ2) is 9.39. The number of benzene rings is 2. The molecule has 0 aliphatic rings. The van der Waals surface area contributed by atoms with Gasteiger partial charge in [0.1, 0.15) is 0 Å². The Bertz CT molecular complexity index is 1210. The Balaban J connectivity index is 1.98. The molecule has 0 saturated heterocycles. The molecule has 2 aromatic carbocycles. The van der Waals surface area contributed by atoms with E-state index in [9.17, 15) is 26.4 Å². The smallest absolute Gasteiger partial charge is 0.307 e. The fourth-order valence-electron chi connectivity index (χ4n) is 3.08. The predicted octanol–water partition coefficient (Wildman–Crippen LogP) is 5.60. The summed E-state index contributed by atoms with van der Waals surface area (Å²) in [5.41, 5.74) is -0.212. The van der Waals surface area contributed by atoms with Crippen LogP contribution in [0.4, 0.5) is 29.3 Å². The van der Waals surface area contributed by atoms with E-state index in [1.807, 2.05) is 0 Å². The lowest BCUT2D eigenvalue weighted by Gasteiger charge is -2.16. The van der Waals surface area contributed by atoms with E-state index in [2.05, 4.69) is 15.6 Å². The Morgan fingerprint density at radius 1 is 1.00 bits per heavy atom. The predicted molar refractivity (Wildman–Crippen MR) is 116 cm³/mol. The third-order valence-electron chi connectivity index (χ3n) is 4.53. The summed E-state index contributed by atoms with van der Waals surface area (Å²) in [7, 11) is -3.58. The highest BCUT2D eigenvalue weighted by Crippen LogP contribution is 2.35. The van der Waals surface area contributed by atoms with Crippen LogP contribution in [0.5, 0.6) is 0 Å². The van der Waals surface area contributed by atoms with Gasteiger partial charge in [-0.2, -0.15) is 13.2 Å². The standard InChI is InChI=1S/C22H20F3N3O3S/c1-2-12-32(30,31)16-8-9-17(15-6-4-3-5-7-15)20(13-16)28-21(29)27-19-10-11-26-14-18(19)22(23,24)25/h3-11,13-14H,2,12H2,1H3,(H2,26,27,28,29). The first-order valence-corrected chi connectivity index (χ1v) is 11.3. The fraction of sp³-hybridized carbons (Fsp3) is 0.182. The molecule has 3 aromatic rings. The molecule has 0 unspecified atom stereocenters. The van der Waals surface area contributed by atoms with E-state index in [0.29, 0.717) is 23.7 Å². The molecule has 2 amide bonds. The number of rotatable bonds is 6. The second-order valence-corrected chi connectivity index (χ2v) is 9.00. The first-order valence-electron chi connectivity index (χ1n) is 9.63. The van der Waals surface area contributed by atoms with Crippen molar-refractivity contribution in [2.45, 2.75) is 24.4 Å². The van der Waals surface area contributed by atoms with Gasteiger partial charge in [0.05, 0.1) is 27.6 Å². The van der Waals surface area contributed by atoms with Crippen LogP contribution in [0.3, 0.4) is 0 Å². The van der Waals surface area contributed by atoms with Crippen molar-refractivity contribution in [3.63, 3.8) is 0 Å². The third-order valence-corrected chi connectivity index (χ3v) is 6.45. The topological polar surface area (TPSA) is 88.2 Å². The first-order chi connectivity index (χ1) is 15.1. The largest absolute Gasteiger partial charge is 0.419 e. The number of carbonyl (C=O) groups excluding carboxylic acids is 1. The molecular formula is C22H20F3N3O3S. The van der Waals surface area contributed by atoms with Crippen molar-refractivity contribution in [2.24, 2.45) is 0 Å². The number of hydrogen-bond acceptors (Lipinski definition) is 4. The van der Waals surface area contributed by atoms with E-state index >= 15 is 0 Å². The van der Waals surface area contributed by atoms with Gasteiger partial charge in [0.15, 0.2) is 9.84 Å². The van der Waals surface area contributed by atoms with E-state index in [4.69, 9.17) is 0 Å². The maximum absolute atomic E-state index is 13.2. The van der Waals surface area contributed by atoms with Crippen LogP contribution in [0.1, 0.15) is 18.9 Å². The number of halogens is 3. The lowest BCUT2D eigenvalue weighted by Crippen LogP contribution is -2.22. The summed E-state index contributed by atoms with van der Waals surface area (Å²) in [5.74, 6) is -0.0741. The lowest BCUT2D eigenvalue weighted by molar-refractivity contribution is -0.137. The van der Waals surface area contributed by atoms with E-state index in [1.54, 1.807) is 43.3 Å². The van der Waals surface area contributed by atoms with E-state index < -0.39 is 33.3 Å². The highest BCUT2D eigenvalue weighted by atomic mass is 32.2. The van der Waals surface area contributed by atoms with Crippen LogP contribution in [-0.4, -0.2) is 25.2 Å². The summed E-state index contributed by atoms with van der Waals surface area (Å²) < 4.78 is 64.6. The Morgan fingerprint density at radius 3 is 2.34 bits per heavy atom. The monoisotopic (exact) mass is 463 g/mol. The van der Waals surface area contributed by atoms with Crippen LogP contribution >= 0.6 is 0 Å². The molecular weight excluding hydrogens is 443 g/mol. The van der Waals surface area contributed by atoms with Crippen LogP contribution in [0.25, 0.3) is 11.1 Å². The Morgan fingerprint density at radius 2 is 1.69 bits per heavy atom. The molecule has 168 valence electrons. The summed E-state index contributed by atoms with van der Waals surface area (Å²) in [5, 5.41) is 4.66. The van der Waals surface area contributed by atoms with Crippen molar-refractivity contribution in [1.82, 2.24) is 4.98 Å². The molecule has 1 heterocycles. The summed E-state index contributed by atoms with van der Waals surface area (Å²) in [6.07, 6.45) is -2.56. The zero-order valence-electron chi connectivity index (χ0n) is 17.0. The number of aromatic nitrogens is 1. The van der Waals surface area contributed by atoms with Crippen LogP contribution in [-0.2, 0) is 16.0 Å². The number of nitrogens with one attached hydrogen (secondary N) is 2. The molecule has 3 rings (SSSR count). The summed E-state index contributed by atoms with van der Waals surface area (Å²) in [4.78, 5) is 16.0. The number of alkyl halides is 3. The first kappa shape index (κ1) is 23.3. The van der Waals surface area contributed by atoms with Crippen molar-refractivity contribution in [3.8, 4) is 11.1 Å². The fourth-order valence-corrected chi connectivity index (χ4v) is 4.43. The quantitative estimate of drug-likeness (QED) is 0.498. The van der Waals surface area contributed by atoms with E-state index in [0.717, 1.165) is 12.3 Å². The van der Waals surface area contributed by atoms with Crippen LogP contribution < -0.4 is 10.6 Å². The minimum absolute atomic E-state index is 0.00854. The molecule has 0 fully saturated rings. The van der Waals surface area contributed by atoms with Gasteiger partial charge in [-0.25, -0.2) is 13.2 Å². The highest BCUT2D eigenvalue weighted by molar-refractivity contribution is 7.91. The SMILES string of the molecule is CCCS(=O)(=O)c1ccc(-c2ccccc2)c(NC(=O)Nc2ccncc2C(F)(F)F)c1. The molecule has 2 N–H and O–H groups in total. The minimum atomic E-state index is -4.71. The maximum atomic E-state index is 13.2. The number of anilines is 2. The van der Waals surface area contributed by atoms with Gasteiger partial charge in [0.25, 0.3) is 0 Å². The Kier molecular flexibility index (Phi) is 6.83. The van der Waals surface area contributed by atoms with Crippen LogP contribution in [0, 0.1) is 0 Å². The Labute approximate surface area is 183 Å². The van der Waals surface area contributed by atoms with Crippen molar-refractivity contribution in [1.29, 1.82) is 0 Å². The van der Waals surface area contributed by atoms with Gasteiger partial charge in [0, 0.05) is 18.0 Å². The normalized spacial score (nSPS) is 11.8. The van der Waals surface area contributed by atoms with Gasteiger partial charge in [-0.3, -0.25) is 4.98 Å². The van der Waals surface area contributed by atoms with Crippen LogP contribution in [0.2, 0.25) is 0 Å². The average Bonchev–Trinajstić information content (AvgIpc) is 2.74. The molecule has 0 spiro atoms. The number of sulfone groups is 1. The lowest BCUT2D eigenvalue weighted by atomic mass is 10.0. The molecule has 32 heavy (non-hydrogen) atoms. The van der Waals surface area contributed by atoms with E-state index in [-0.39, 0.29) is 16.3 Å². The molecule has 0 radical (unpaired) electrons. The molecule has 0 bridgehead atoms. The molecule has 0 aliphatic carbocycles. The zero-order chi connectivity index (χ0) is 23.4. The van der Waals surface area contributed by atoms with Crippen molar-refractivity contribution >= 4 is 27.2 Å². The van der Waals surface area contributed by atoms with Gasteiger partial charge in [-0.1, -0.05) is 43.3 Å². The molecule has 0 atom stereocenters. The summed E-state index contributed by atoms with van der Waals surface area (Å²) in [6.45, 7) is 1.73. The molecule has 10 heteroatoms.